The average Bonchev–Trinajstić information content (AvgIpc) is 2.28. The van der Waals surface area contributed by atoms with Crippen LogP contribution in [0.5, 0.6) is 5.75 Å². The molecule has 4 heteroatoms. The van der Waals surface area contributed by atoms with E-state index in [4.69, 9.17) is 5.26 Å². The van der Waals surface area contributed by atoms with Crippen molar-refractivity contribution in [1.82, 2.24) is 5.32 Å². The van der Waals surface area contributed by atoms with Crippen LogP contribution in [0.3, 0.4) is 0 Å². The van der Waals surface area contributed by atoms with E-state index in [1.165, 1.54) is 18.2 Å². The quantitative estimate of drug-likeness (QED) is 0.822. The molecule has 0 aliphatic heterocycles. The van der Waals surface area contributed by atoms with E-state index in [2.05, 4.69) is 11.4 Å². The third kappa shape index (κ3) is 3.21. The lowest BCUT2D eigenvalue weighted by molar-refractivity contribution is 0.445. The number of phenols is 1. The second-order valence-corrected chi connectivity index (χ2v) is 3.86. The number of nitriles is 1. The van der Waals surface area contributed by atoms with Crippen LogP contribution in [-0.2, 0) is 0 Å². The van der Waals surface area contributed by atoms with E-state index >= 15 is 0 Å². The highest BCUT2D eigenvalue weighted by molar-refractivity contribution is 5.34. The number of phenolic OH excluding ortho intramolecular Hbond substituents is 1. The van der Waals surface area contributed by atoms with Crippen LogP contribution in [0.25, 0.3) is 0 Å². The largest absolute Gasteiger partial charge is 0.508 e. The Morgan fingerprint density at radius 2 is 2.19 bits per heavy atom. The minimum absolute atomic E-state index is 0.0611. The summed E-state index contributed by atoms with van der Waals surface area (Å²) in [6.45, 7) is 4.12. The molecule has 0 aliphatic rings. The molecule has 0 saturated carbocycles. The number of nitrogens with one attached hydrogen (secondary N) is 1. The van der Waals surface area contributed by atoms with Crippen molar-refractivity contribution in [2.75, 3.05) is 6.54 Å². The van der Waals surface area contributed by atoms with Crippen molar-refractivity contribution >= 4 is 0 Å². The summed E-state index contributed by atoms with van der Waals surface area (Å²) in [5, 5.41) is 21.2. The molecule has 0 heterocycles. The third-order valence-electron chi connectivity index (χ3n) is 2.41. The molecule has 1 rings (SSSR count). The first-order chi connectivity index (χ1) is 7.54. The van der Waals surface area contributed by atoms with Gasteiger partial charge in [-0.25, -0.2) is 4.39 Å². The molecule has 0 fully saturated rings. The minimum atomic E-state index is -0.380. The Morgan fingerprint density at radius 3 is 2.81 bits per heavy atom. The second kappa shape index (κ2) is 5.47. The fraction of sp³-hybridized carbons (Fsp3) is 0.417. The molecule has 0 bridgehead atoms. The maximum absolute atomic E-state index is 13.0. The molecule has 16 heavy (non-hydrogen) atoms. The van der Waals surface area contributed by atoms with Crippen LogP contribution < -0.4 is 5.32 Å². The van der Waals surface area contributed by atoms with E-state index in [9.17, 15) is 9.50 Å². The highest BCUT2D eigenvalue weighted by Gasteiger charge is 2.11. The molecule has 3 nitrogen and oxygen atoms in total. The minimum Gasteiger partial charge on any atom is -0.508 e. The molecule has 1 aromatic rings. The van der Waals surface area contributed by atoms with Crippen molar-refractivity contribution < 1.29 is 9.50 Å². The Morgan fingerprint density at radius 1 is 1.50 bits per heavy atom. The van der Waals surface area contributed by atoms with Crippen LogP contribution in [0, 0.1) is 23.1 Å². The fourth-order valence-electron chi connectivity index (χ4n) is 1.38. The molecule has 0 spiro atoms. The van der Waals surface area contributed by atoms with Gasteiger partial charge >= 0.3 is 0 Å². The summed E-state index contributed by atoms with van der Waals surface area (Å²) in [5.41, 5.74) is 0.505. The van der Waals surface area contributed by atoms with Gasteiger partial charge in [-0.3, -0.25) is 0 Å². The summed E-state index contributed by atoms with van der Waals surface area (Å²) < 4.78 is 13.0. The van der Waals surface area contributed by atoms with E-state index in [1.54, 1.807) is 6.92 Å². The SMILES string of the molecule is CC(C#N)CNC(C)c1cc(F)ccc1O. The van der Waals surface area contributed by atoms with Crippen molar-refractivity contribution in [2.45, 2.75) is 19.9 Å². The van der Waals surface area contributed by atoms with Gasteiger partial charge in [0.25, 0.3) is 0 Å². The number of halogens is 1. The predicted molar refractivity (Wildman–Crippen MR) is 59.3 cm³/mol. The van der Waals surface area contributed by atoms with Gasteiger partial charge in [0.2, 0.25) is 0 Å². The van der Waals surface area contributed by atoms with Crippen LogP contribution in [0.4, 0.5) is 4.39 Å². The summed E-state index contributed by atoms with van der Waals surface area (Å²) in [6.07, 6.45) is 0. The molecule has 2 N–H and O–H groups in total. The van der Waals surface area contributed by atoms with Crippen LogP contribution in [0.2, 0.25) is 0 Å². The highest BCUT2D eigenvalue weighted by Crippen LogP contribution is 2.24. The summed E-state index contributed by atoms with van der Waals surface area (Å²) >= 11 is 0. The first-order valence-electron chi connectivity index (χ1n) is 5.16. The Bertz CT molecular complexity index is 400. The number of benzene rings is 1. The van der Waals surface area contributed by atoms with E-state index in [0.29, 0.717) is 12.1 Å². The van der Waals surface area contributed by atoms with Crippen LogP contribution >= 0.6 is 0 Å². The highest BCUT2D eigenvalue weighted by atomic mass is 19.1. The molecule has 0 amide bonds. The monoisotopic (exact) mass is 222 g/mol. The van der Waals surface area contributed by atoms with Gasteiger partial charge in [0, 0.05) is 18.2 Å². The standard InChI is InChI=1S/C12H15FN2O/c1-8(6-14)7-15-9(2)11-5-10(13)3-4-12(11)16/h3-5,8-9,15-16H,7H2,1-2H3. The van der Waals surface area contributed by atoms with Gasteiger partial charge in [-0.05, 0) is 32.0 Å². The van der Waals surface area contributed by atoms with Gasteiger partial charge in [0.05, 0.1) is 12.0 Å². The molecule has 86 valence electrons. The van der Waals surface area contributed by atoms with Crippen molar-refractivity contribution in [1.29, 1.82) is 5.26 Å². The van der Waals surface area contributed by atoms with Crippen molar-refractivity contribution in [2.24, 2.45) is 5.92 Å². The smallest absolute Gasteiger partial charge is 0.123 e. The zero-order valence-corrected chi connectivity index (χ0v) is 9.37. The van der Waals surface area contributed by atoms with Gasteiger partial charge in [-0.15, -0.1) is 0 Å². The molecule has 1 aromatic carbocycles. The van der Waals surface area contributed by atoms with Crippen molar-refractivity contribution in [3.63, 3.8) is 0 Å². The summed E-state index contributed by atoms with van der Waals surface area (Å²) in [7, 11) is 0. The fourth-order valence-corrected chi connectivity index (χ4v) is 1.38. The van der Waals surface area contributed by atoms with Crippen LogP contribution in [-0.4, -0.2) is 11.7 Å². The topological polar surface area (TPSA) is 56.0 Å². The summed E-state index contributed by atoms with van der Waals surface area (Å²) in [6, 6.07) is 5.75. The lowest BCUT2D eigenvalue weighted by Gasteiger charge is -2.16. The van der Waals surface area contributed by atoms with E-state index in [0.717, 1.165) is 0 Å². The van der Waals surface area contributed by atoms with Gasteiger partial charge in [-0.1, -0.05) is 0 Å². The Hall–Kier alpha value is -1.60. The predicted octanol–water partition coefficient (Wildman–Crippen LogP) is 2.34. The lowest BCUT2D eigenvalue weighted by atomic mass is 10.1. The first kappa shape index (κ1) is 12.5. The van der Waals surface area contributed by atoms with Gasteiger partial charge in [-0.2, -0.15) is 5.26 Å². The zero-order chi connectivity index (χ0) is 12.1. The van der Waals surface area contributed by atoms with E-state index in [1.807, 2.05) is 6.92 Å². The molecule has 0 aromatic heterocycles. The molecule has 2 atom stereocenters. The zero-order valence-electron chi connectivity index (χ0n) is 9.37. The summed E-state index contributed by atoms with van der Waals surface area (Å²) in [4.78, 5) is 0. The maximum Gasteiger partial charge on any atom is 0.123 e. The van der Waals surface area contributed by atoms with E-state index in [-0.39, 0.29) is 23.5 Å². The Kier molecular flexibility index (Phi) is 4.27. The van der Waals surface area contributed by atoms with Crippen molar-refractivity contribution in [3.8, 4) is 11.8 Å². The number of hydrogen-bond donors (Lipinski definition) is 2. The molecular formula is C12H15FN2O. The van der Waals surface area contributed by atoms with Gasteiger partial charge in [0.1, 0.15) is 11.6 Å². The molecule has 2 unspecified atom stereocenters. The summed E-state index contributed by atoms with van der Waals surface area (Å²) in [5.74, 6) is -0.432. The molecule has 0 aliphatic carbocycles. The first-order valence-corrected chi connectivity index (χ1v) is 5.16. The number of nitrogens with zero attached hydrogens (tertiary/aromatic N) is 1. The maximum atomic E-state index is 13.0. The van der Waals surface area contributed by atoms with Crippen LogP contribution in [0.1, 0.15) is 25.5 Å². The average molecular weight is 222 g/mol. The van der Waals surface area contributed by atoms with Crippen LogP contribution in [0.15, 0.2) is 18.2 Å². The van der Waals surface area contributed by atoms with Gasteiger partial charge in [0.15, 0.2) is 0 Å². The molecule has 0 radical (unpaired) electrons. The Balaban J connectivity index is 2.69. The van der Waals surface area contributed by atoms with Gasteiger partial charge < -0.3 is 10.4 Å². The lowest BCUT2D eigenvalue weighted by Crippen LogP contribution is -2.24. The molecular weight excluding hydrogens is 207 g/mol. The number of aromatic hydroxyl groups is 1. The number of rotatable bonds is 4. The molecule has 0 saturated heterocycles. The third-order valence-corrected chi connectivity index (χ3v) is 2.41. The normalized spacial score (nSPS) is 14.1. The Labute approximate surface area is 94.5 Å². The van der Waals surface area contributed by atoms with Crippen molar-refractivity contribution in [3.05, 3.63) is 29.6 Å². The van der Waals surface area contributed by atoms with E-state index < -0.39 is 0 Å². The number of hydrogen-bond acceptors (Lipinski definition) is 3. The second-order valence-electron chi connectivity index (χ2n) is 3.86.